The van der Waals surface area contributed by atoms with Crippen LogP contribution in [0, 0.1) is 17.8 Å². The fraction of sp³-hybridized carbons (Fsp3) is 0.929. The molecule has 2 aliphatic heterocycles. The maximum Gasteiger partial charge on any atom is 0.224 e. The van der Waals surface area contributed by atoms with Crippen LogP contribution in [0.1, 0.15) is 33.1 Å². The summed E-state index contributed by atoms with van der Waals surface area (Å²) in [4.78, 5) is 12.0. The summed E-state index contributed by atoms with van der Waals surface area (Å²) in [7, 11) is 0. The van der Waals surface area contributed by atoms with Crippen LogP contribution >= 0.6 is 12.4 Å². The summed E-state index contributed by atoms with van der Waals surface area (Å²) in [5.41, 5.74) is 0. The van der Waals surface area contributed by atoms with E-state index >= 15 is 0 Å². The molecule has 0 aliphatic carbocycles. The molecule has 0 saturated carbocycles. The van der Waals surface area contributed by atoms with Gasteiger partial charge in [0.15, 0.2) is 0 Å². The SMILES string of the molecule is CC(C)C1OCCCC1CNC(=O)C1CCNC1.Cl. The highest BCUT2D eigenvalue weighted by atomic mass is 35.5. The molecule has 2 saturated heterocycles. The third kappa shape index (κ3) is 4.62. The number of halogens is 1. The maximum absolute atomic E-state index is 12.0. The average Bonchev–Trinajstić information content (AvgIpc) is 2.90. The van der Waals surface area contributed by atoms with E-state index in [-0.39, 0.29) is 24.2 Å². The Bertz CT molecular complexity index is 281. The average molecular weight is 291 g/mol. The van der Waals surface area contributed by atoms with Crippen molar-refractivity contribution in [2.75, 3.05) is 26.2 Å². The highest BCUT2D eigenvalue weighted by Gasteiger charge is 2.30. The second-order valence-corrected chi connectivity index (χ2v) is 5.92. The number of hydrogen-bond acceptors (Lipinski definition) is 3. The Labute approximate surface area is 122 Å². The van der Waals surface area contributed by atoms with Crippen LogP contribution in [-0.2, 0) is 9.53 Å². The molecule has 0 aromatic rings. The maximum atomic E-state index is 12.0. The van der Waals surface area contributed by atoms with E-state index in [9.17, 15) is 4.79 Å². The molecule has 0 radical (unpaired) electrons. The summed E-state index contributed by atoms with van der Waals surface area (Å²) >= 11 is 0. The van der Waals surface area contributed by atoms with Gasteiger partial charge in [0.25, 0.3) is 0 Å². The van der Waals surface area contributed by atoms with Gasteiger partial charge in [-0.05, 0) is 31.7 Å². The number of amides is 1. The van der Waals surface area contributed by atoms with E-state index in [1.165, 1.54) is 6.42 Å². The lowest BCUT2D eigenvalue weighted by atomic mass is 9.87. The van der Waals surface area contributed by atoms with E-state index in [0.29, 0.717) is 17.9 Å². The van der Waals surface area contributed by atoms with Gasteiger partial charge in [-0.3, -0.25) is 4.79 Å². The molecule has 3 unspecified atom stereocenters. The summed E-state index contributed by atoms with van der Waals surface area (Å²) < 4.78 is 5.85. The smallest absolute Gasteiger partial charge is 0.224 e. The topological polar surface area (TPSA) is 50.4 Å². The van der Waals surface area contributed by atoms with Gasteiger partial charge in [-0.25, -0.2) is 0 Å². The van der Waals surface area contributed by atoms with Crippen LogP contribution in [0.2, 0.25) is 0 Å². The van der Waals surface area contributed by atoms with Gasteiger partial charge in [-0.15, -0.1) is 12.4 Å². The van der Waals surface area contributed by atoms with Crippen molar-refractivity contribution in [3.8, 4) is 0 Å². The molecule has 112 valence electrons. The lowest BCUT2D eigenvalue weighted by Gasteiger charge is -2.34. The van der Waals surface area contributed by atoms with Gasteiger partial charge < -0.3 is 15.4 Å². The number of hydrogen-bond donors (Lipinski definition) is 2. The zero-order valence-corrected chi connectivity index (χ0v) is 12.8. The first-order chi connectivity index (χ1) is 8.68. The molecular weight excluding hydrogens is 264 g/mol. The predicted octanol–water partition coefficient (Wildman–Crippen LogP) is 1.59. The third-order valence-electron chi connectivity index (χ3n) is 4.12. The van der Waals surface area contributed by atoms with Crippen molar-refractivity contribution in [2.45, 2.75) is 39.2 Å². The molecule has 19 heavy (non-hydrogen) atoms. The first-order valence-corrected chi connectivity index (χ1v) is 7.28. The molecule has 1 amide bonds. The van der Waals surface area contributed by atoms with Gasteiger partial charge in [0.05, 0.1) is 12.0 Å². The first kappa shape index (κ1) is 16.7. The molecule has 5 heteroatoms. The molecule has 4 nitrogen and oxygen atoms in total. The van der Waals surface area contributed by atoms with Crippen molar-refractivity contribution in [3.63, 3.8) is 0 Å². The van der Waals surface area contributed by atoms with Crippen LogP contribution in [0.25, 0.3) is 0 Å². The van der Waals surface area contributed by atoms with Crippen LogP contribution in [0.5, 0.6) is 0 Å². The van der Waals surface area contributed by atoms with Gasteiger partial charge in [-0.1, -0.05) is 13.8 Å². The van der Waals surface area contributed by atoms with Gasteiger partial charge in [0, 0.05) is 25.6 Å². The second kappa shape index (κ2) is 8.08. The molecule has 2 heterocycles. The van der Waals surface area contributed by atoms with E-state index in [0.717, 1.165) is 39.1 Å². The van der Waals surface area contributed by atoms with Crippen LogP contribution in [0.15, 0.2) is 0 Å². The fourth-order valence-electron chi connectivity index (χ4n) is 3.07. The predicted molar refractivity (Wildman–Crippen MR) is 78.5 cm³/mol. The molecule has 0 aromatic heterocycles. The van der Waals surface area contributed by atoms with Gasteiger partial charge >= 0.3 is 0 Å². The Hall–Kier alpha value is -0.320. The van der Waals surface area contributed by atoms with Gasteiger partial charge in [0.1, 0.15) is 0 Å². The molecule has 0 spiro atoms. The van der Waals surface area contributed by atoms with Gasteiger partial charge in [-0.2, -0.15) is 0 Å². The standard InChI is InChI=1S/C14H26N2O2.ClH/c1-10(2)13-11(4-3-7-18-13)9-16-14(17)12-5-6-15-8-12;/h10-13,15H,3-9H2,1-2H3,(H,16,17);1H. The Balaban J connectivity index is 0.00000180. The van der Waals surface area contributed by atoms with Gasteiger partial charge in [0.2, 0.25) is 5.91 Å². The van der Waals surface area contributed by atoms with E-state index in [1.54, 1.807) is 0 Å². The highest BCUT2D eigenvalue weighted by molar-refractivity contribution is 5.85. The van der Waals surface area contributed by atoms with Crippen LogP contribution in [-0.4, -0.2) is 38.3 Å². The van der Waals surface area contributed by atoms with Crippen molar-refractivity contribution in [1.29, 1.82) is 0 Å². The Morgan fingerprint density at radius 1 is 1.42 bits per heavy atom. The quantitative estimate of drug-likeness (QED) is 0.827. The van der Waals surface area contributed by atoms with E-state index in [2.05, 4.69) is 24.5 Å². The second-order valence-electron chi connectivity index (χ2n) is 5.92. The number of carbonyl (C=O) groups is 1. The summed E-state index contributed by atoms with van der Waals surface area (Å²) in [5, 5.41) is 6.35. The van der Waals surface area contributed by atoms with Crippen molar-refractivity contribution in [2.24, 2.45) is 17.8 Å². The highest BCUT2D eigenvalue weighted by Crippen LogP contribution is 2.25. The molecular formula is C14H27ClN2O2. The van der Waals surface area contributed by atoms with Crippen molar-refractivity contribution >= 4 is 18.3 Å². The lowest BCUT2D eigenvalue weighted by Crippen LogP contribution is -2.43. The summed E-state index contributed by atoms with van der Waals surface area (Å²) in [6, 6.07) is 0. The van der Waals surface area contributed by atoms with E-state index < -0.39 is 0 Å². The van der Waals surface area contributed by atoms with E-state index in [4.69, 9.17) is 4.74 Å². The molecule has 2 aliphatic rings. The number of rotatable bonds is 4. The van der Waals surface area contributed by atoms with Crippen LogP contribution < -0.4 is 10.6 Å². The minimum atomic E-state index is 0. The van der Waals surface area contributed by atoms with E-state index in [1.807, 2.05) is 0 Å². The minimum Gasteiger partial charge on any atom is -0.378 e. The van der Waals surface area contributed by atoms with Crippen LogP contribution in [0.3, 0.4) is 0 Å². The molecule has 0 aromatic carbocycles. The largest absolute Gasteiger partial charge is 0.378 e. The Morgan fingerprint density at radius 2 is 2.21 bits per heavy atom. The molecule has 0 bridgehead atoms. The van der Waals surface area contributed by atoms with Crippen LogP contribution in [0.4, 0.5) is 0 Å². The number of carbonyl (C=O) groups excluding carboxylic acids is 1. The Kier molecular flexibility index (Phi) is 7.11. The molecule has 2 rings (SSSR count). The Morgan fingerprint density at radius 3 is 2.84 bits per heavy atom. The summed E-state index contributed by atoms with van der Waals surface area (Å²) in [6.45, 7) is 7.86. The van der Waals surface area contributed by atoms with Crippen molar-refractivity contribution in [1.82, 2.24) is 10.6 Å². The minimum absolute atomic E-state index is 0. The number of nitrogens with one attached hydrogen (secondary N) is 2. The number of ether oxygens (including phenoxy) is 1. The fourth-order valence-corrected chi connectivity index (χ4v) is 3.07. The van der Waals surface area contributed by atoms with Crippen molar-refractivity contribution in [3.05, 3.63) is 0 Å². The normalized spacial score (nSPS) is 31.0. The summed E-state index contributed by atoms with van der Waals surface area (Å²) in [5.74, 6) is 1.40. The molecule has 3 atom stereocenters. The monoisotopic (exact) mass is 290 g/mol. The lowest BCUT2D eigenvalue weighted by molar-refractivity contribution is -0.125. The zero-order chi connectivity index (χ0) is 13.0. The first-order valence-electron chi connectivity index (χ1n) is 7.28. The van der Waals surface area contributed by atoms with Crippen molar-refractivity contribution < 1.29 is 9.53 Å². The third-order valence-corrected chi connectivity index (χ3v) is 4.12. The zero-order valence-electron chi connectivity index (χ0n) is 12.0. The molecule has 2 N–H and O–H groups in total. The summed E-state index contributed by atoms with van der Waals surface area (Å²) in [6.07, 6.45) is 3.57. The molecule has 2 fully saturated rings.